The summed E-state index contributed by atoms with van der Waals surface area (Å²) >= 11 is 6.70. The standard InChI is InChI=1S/C20H16Br2N2O3/c21-12-7-5-11(6-8-12)20(26)24-23-10-14-18-13-3-1-2-4-16(13)27-17(18)9-15(22)19(14)25/h5-10,25H,1-4H2,(H,24,26). The number of nitrogens with one attached hydrogen (secondary N) is 1. The van der Waals surface area contributed by atoms with Gasteiger partial charge in [0.1, 0.15) is 17.1 Å². The molecule has 0 saturated carbocycles. The first kappa shape index (κ1) is 18.3. The van der Waals surface area contributed by atoms with Gasteiger partial charge in [-0.2, -0.15) is 5.10 Å². The van der Waals surface area contributed by atoms with Crippen molar-refractivity contribution in [2.24, 2.45) is 5.10 Å². The molecule has 27 heavy (non-hydrogen) atoms. The number of hydrogen-bond donors (Lipinski definition) is 2. The second-order valence-electron chi connectivity index (χ2n) is 6.41. The predicted octanol–water partition coefficient (Wildman–Crippen LogP) is 5.31. The lowest BCUT2D eigenvalue weighted by molar-refractivity contribution is 0.0955. The van der Waals surface area contributed by atoms with Crippen LogP contribution >= 0.6 is 31.9 Å². The SMILES string of the molecule is O=C(NN=Cc1c(O)c(Br)cc2oc3c(c12)CCCC3)c1ccc(Br)cc1. The fraction of sp³-hybridized carbons (Fsp3) is 0.200. The van der Waals surface area contributed by atoms with E-state index in [0.717, 1.165) is 46.9 Å². The van der Waals surface area contributed by atoms with Crippen LogP contribution in [0.25, 0.3) is 11.0 Å². The van der Waals surface area contributed by atoms with E-state index in [1.54, 1.807) is 30.3 Å². The number of benzene rings is 2. The molecule has 2 N–H and O–H groups in total. The highest BCUT2D eigenvalue weighted by Crippen LogP contribution is 2.40. The summed E-state index contributed by atoms with van der Waals surface area (Å²) in [4.78, 5) is 12.2. The number of hydrogen-bond acceptors (Lipinski definition) is 4. The zero-order chi connectivity index (χ0) is 19.0. The minimum Gasteiger partial charge on any atom is -0.506 e. The normalized spacial score (nSPS) is 13.9. The Bertz CT molecular complexity index is 1060. The minimum atomic E-state index is -0.321. The fourth-order valence-electron chi connectivity index (χ4n) is 3.36. The van der Waals surface area contributed by atoms with Crippen LogP contribution in [0.1, 0.15) is 40.1 Å². The number of carbonyl (C=O) groups excluding carboxylic acids is 1. The lowest BCUT2D eigenvalue weighted by Crippen LogP contribution is -2.17. The Morgan fingerprint density at radius 2 is 1.93 bits per heavy atom. The van der Waals surface area contributed by atoms with Crippen molar-refractivity contribution in [3.63, 3.8) is 0 Å². The van der Waals surface area contributed by atoms with Gasteiger partial charge < -0.3 is 9.52 Å². The number of fused-ring (bicyclic) bond motifs is 3. The van der Waals surface area contributed by atoms with E-state index in [2.05, 4.69) is 42.4 Å². The van der Waals surface area contributed by atoms with Gasteiger partial charge in [-0.15, -0.1) is 0 Å². The van der Waals surface area contributed by atoms with E-state index in [1.165, 1.54) is 6.21 Å². The van der Waals surface area contributed by atoms with E-state index in [-0.39, 0.29) is 11.7 Å². The fourth-order valence-corrected chi connectivity index (χ4v) is 4.05. The Morgan fingerprint density at radius 3 is 2.70 bits per heavy atom. The zero-order valence-electron chi connectivity index (χ0n) is 14.3. The van der Waals surface area contributed by atoms with Gasteiger partial charge in [0.2, 0.25) is 0 Å². The summed E-state index contributed by atoms with van der Waals surface area (Å²) in [6, 6.07) is 8.77. The van der Waals surface area contributed by atoms with Crippen LogP contribution in [0.15, 0.2) is 48.8 Å². The number of carbonyl (C=O) groups is 1. The number of aryl methyl sites for hydroxylation is 2. The lowest BCUT2D eigenvalue weighted by Gasteiger charge is -2.10. The molecule has 0 bridgehead atoms. The van der Waals surface area contributed by atoms with Crippen molar-refractivity contribution in [1.29, 1.82) is 0 Å². The molecule has 1 heterocycles. The van der Waals surface area contributed by atoms with Crippen molar-refractivity contribution >= 4 is 55.0 Å². The molecule has 1 amide bonds. The Labute approximate surface area is 172 Å². The number of hydrazone groups is 1. The Morgan fingerprint density at radius 1 is 1.19 bits per heavy atom. The highest BCUT2D eigenvalue weighted by Gasteiger charge is 2.22. The van der Waals surface area contributed by atoms with E-state index in [9.17, 15) is 9.90 Å². The Hall–Kier alpha value is -2.12. The Balaban J connectivity index is 1.67. The van der Waals surface area contributed by atoms with Crippen LogP contribution < -0.4 is 5.43 Å². The number of phenols is 1. The van der Waals surface area contributed by atoms with Crippen molar-refractivity contribution < 1.29 is 14.3 Å². The number of rotatable bonds is 3. The zero-order valence-corrected chi connectivity index (χ0v) is 17.4. The van der Waals surface area contributed by atoms with Gasteiger partial charge in [-0.05, 0) is 65.5 Å². The van der Waals surface area contributed by atoms with Crippen LogP contribution in [0.4, 0.5) is 0 Å². The molecule has 3 aromatic rings. The van der Waals surface area contributed by atoms with Crippen molar-refractivity contribution in [3.05, 3.63) is 61.7 Å². The van der Waals surface area contributed by atoms with Gasteiger partial charge in [0.05, 0.1) is 10.7 Å². The number of furan rings is 1. The Kier molecular flexibility index (Phi) is 5.06. The second kappa shape index (κ2) is 7.48. The van der Waals surface area contributed by atoms with Gasteiger partial charge in [-0.1, -0.05) is 15.9 Å². The molecular weight excluding hydrogens is 476 g/mol. The van der Waals surface area contributed by atoms with Crippen molar-refractivity contribution in [2.45, 2.75) is 25.7 Å². The summed E-state index contributed by atoms with van der Waals surface area (Å²) in [5, 5.41) is 15.5. The molecule has 0 aliphatic heterocycles. The molecule has 0 spiro atoms. The van der Waals surface area contributed by atoms with Gasteiger partial charge in [0.25, 0.3) is 5.91 Å². The molecule has 1 aromatic heterocycles. The minimum absolute atomic E-state index is 0.0818. The molecule has 1 aliphatic carbocycles. The first-order chi connectivity index (χ1) is 13.0. The third kappa shape index (κ3) is 3.53. The van der Waals surface area contributed by atoms with Crippen molar-refractivity contribution in [3.8, 4) is 5.75 Å². The summed E-state index contributed by atoms with van der Waals surface area (Å²) < 4.78 is 7.41. The molecule has 0 atom stereocenters. The van der Waals surface area contributed by atoms with Crippen molar-refractivity contribution in [1.82, 2.24) is 5.43 Å². The van der Waals surface area contributed by atoms with E-state index in [1.807, 2.05) is 0 Å². The molecule has 0 saturated heterocycles. The average Bonchev–Trinajstić information content (AvgIpc) is 3.03. The first-order valence-electron chi connectivity index (χ1n) is 8.59. The molecule has 1 aliphatic rings. The molecule has 138 valence electrons. The van der Waals surface area contributed by atoms with Gasteiger partial charge in [-0.25, -0.2) is 5.43 Å². The third-order valence-electron chi connectivity index (χ3n) is 4.67. The van der Waals surface area contributed by atoms with E-state index in [4.69, 9.17) is 4.42 Å². The molecule has 5 nitrogen and oxygen atoms in total. The molecule has 2 aromatic carbocycles. The van der Waals surface area contributed by atoms with E-state index >= 15 is 0 Å². The van der Waals surface area contributed by atoms with Crippen LogP contribution in [-0.4, -0.2) is 17.2 Å². The predicted molar refractivity (Wildman–Crippen MR) is 111 cm³/mol. The summed E-state index contributed by atoms with van der Waals surface area (Å²) in [5.74, 6) is 0.735. The van der Waals surface area contributed by atoms with E-state index < -0.39 is 0 Å². The van der Waals surface area contributed by atoms with Crippen LogP contribution in [-0.2, 0) is 12.8 Å². The summed E-state index contributed by atoms with van der Waals surface area (Å²) in [6.45, 7) is 0. The number of nitrogens with zero attached hydrogens (tertiary/aromatic N) is 1. The highest BCUT2D eigenvalue weighted by atomic mass is 79.9. The number of phenolic OH excluding ortho intramolecular Hbond substituents is 1. The highest BCUT2D eigenvalue weighted by molar-refractivity contribution is 9.10. The van der Waals surface area contributed by atoms with Crippen LogP contribution in [0.3, 0.4) is 0 Å². The smallest absolute Gasteiger partial charge is 0.271 e. The number of aromatic hydroxyl groups is 1. The largest absolute Gasteiger partial charge is 0.506 e. The number of amides is 1. The first-order valence-corrected chi connectivity index (χ1v) is 10.2. The summed E-state index contributed by atoms with van der Waals surface area (Å²) in [5.41, 5.74) is 5.39. The summed E-state index contributed by atoms with van der Waals surface area (Å²) in [6.07, 6.45) is 5.49. The summed E-state index contributed by atoms with van der Waals surface area (Å²) in [7, 11) is 0. The molecule has 4 rings (SSSR count). The van der Waals surface area contributed by atoms with Gasteiger partial charge in [0, 0.05) is 33.0 Å². The lowest BCUT2D eigenvalue weighted by atomic mass is 9.94. The maximum Gasteiger partial charge on any atom is 0.271 e. The molecular formula is C20H16Br2N2O3. The maximum atomic E-state index is 12.2. The second-order valence-corrected chi connectivity index (χ2v) is 8.18. The molecule has 0 unspecified atom stereocenters. The topological polar surface area (TPSA) is 74.8 Å². The molecule has 0 fully saturated rings. The van der Waals surface area contributed by atoms with Gasteiger partial charge in [-0.3, -0.25) is 4.79 Å². The van der Waals surface area contributed by atoms with Crippen LogP contribution in [0.2, 0.25) is 0 Å². The molecule has 7 heteroatoms. The van der Waals surface area contributed by atoms with Crippen LogP contribution in [0, 0.1) is 0 Å². The van der Waals surface area contributed by atoms with Crippen molar-refractivity contribution in [2.75, 3.05) is 0 Å². The van der Waals surface area contributed by atoms with Gasteiger partial charge in [0.15, 0.2) is 0 Å². The average molecular weight is 492 g/mol. The number of halogens is 2. The third-order valence-corrected chi connectivity index (χ3v) is 5.81. The molecule has 0 radical (unpaired) electrons. The maximum absolute atomic E-state index is 12.2. The monoisotopic (exact) mass is 490 g/mol. The quantitative estimate of drug-likeness (QED) is 0.385. The van der Waals surface area contributed by atoms with Gasteiger partial charge >= 0.3 is 0 Å². The van der Waals surface area contributed by atoms with Crippen LogP contribution in [0.5, 0.6) is 5.75 Å². The van der Waals surface area contributed by atoms with E-state index in [0.29, 0.717) is 21.2 Å².